The summed E-state index contributed by atoms with van der Waals surface area (Å²) in [6, 6.07) is 6.01. The Morgan fingerprint density at radius 3 is 3.05 bits per heavy atom. The predicted molar refractivity (Wildman–Crippen MR) is 88.0 cm³/mol. The minimum absolute atomic E-state index is 0.523. The molecule has 0 saturated carbocycles. The van der Waals surface area contributed by atoms with Crippen molar-refractivity contribution in [3.8, 4) is 5.75 Å². The lowest BCUT2D eigenvalue weighted by Gasteiger charge is -2.07. The van der Waals surface area contributed by atoms with Gasteiger partial charge in [0.15, 0.2) is 5.96 Å². The molecule has 5 nitrogen and oxygen atoms in total. The van der Waals surface area contributed by atoms with Crippen LogP contribution in [-0.2, 0) is 6.42 Å². The van der Waals surface area contributed by atoms with Crippen molar-refractivity contribution in [2.75, 3.05) is 20.2 Å². The number of fused-ring (bicyclic) bond motifs is 1. The second-order valence-corrected chi connectivity index (χ2v) is 4.99. The van der Waals surface area contributed by atoms with Crippen LogP contribution in [0.3, 0.4) is 0 Å². The number of aromatic nitrogens is 1. The number of hydrogen-bond acceptors (Lipinski definition) is 2. The van der Waals surface area contributed by atoms with Crippen LogP contribution in [0.1, 0.15) is 25.3 Å². The third-order valence-corrected chi connectivity index (χ3v) is 3.46. The first-order chi connectivity index (χ1) is 10.3. The Balaban J connectivity index is 1.96. The summed E-state index contributed by atoms with van der Waals surface area (Å²) in [6.07, 6.45) is 5.09. The Morgan fingerprint density at radius 2 is 2.29 bits per heavy atom. The molecule has 0 radical (unpaired) electrons. The second-order valence-electron chi connectivity index (χ2n) is 4.99. The summed E-state index contributed by atoms with van der Waals surface area (Å²) < 4.78 is 5.43. The maximum atomic E-state index is 5.83. The minimum atomic E-state index is 0.523. The van der Waals surface area contributed by atoms with Crippen molar-refractivity contribution in [1.29, 1.82) is 0 Å². The first-order valence-corrected chi connectivity index (χ1v) is 7.43. The van der Waals surface area contributed by atoms with Crippen LogP contribution in [-0.4, -0.2) is 31.1 Å². The molecule has 0 bridgehead atoms. The fraction of sp³-hybridized carbons (Fsp3) is 0.438. The van der Waals surface area contributed by atoms with Crippen molar-refractivity contribution in [2.24, 2.45) is 10.7 Å². The number of unbranched alkanes of at least 4 members (excludes halogenated alkanes) is 1. The topological polar surface area (TPSA) is 75.4 Å². The summed E-state index contributed by atoms with van der Waals surface area (Å²) in [6.45, 7) is 3.69. The molecule has 0 amide bonds. The monoisotopic (exact) mass is 288 g/mol. The Morgan fingerprint density at radius 1 is 1.43 bits per heavy atom. The summed E-state index contributed by atoms with van der Waals surface area (Å²) in [4.78, 5) is 7.55. The molecule has 2 aromatic rings. The molecule has 0 aliphatic rings. The van der Waals surface area contributed by atoms with E-state index in [1.165, 1.54) is 5.56 Å². The lowest BCUT2D eigenvalue weighted by atomic mass is 10.1. The van der Waals surface area contributed by atoms with Crippen LogP contribution in [0.15, 0.2) is 29.4 Å². The zero-order valence-electron chi connectivity index (χ0n) is 12.8. The Labute approximate surface area is 125 Å². The van der Waals surface area contributed by atoms with Crippen molar-refractivity contribution >= 4 is 16.9 Å². The van der Waals surface area contributed by atoms with Gasteiger partial charge in [-0.3, -0.25) is 4.99 Å². The number of methoxy groups -OCH3 is 1. The molecule has 5 heteroatoms. The summed E-state index contributed by atoms with van der Waals surface area (Å²) in [5.74, 6) is 1.42. The summed E-state index contributed by atoms with van der Waals surface area (Å²) in [5, 5.41) is 4.30. The molecule has 4 N–H and O–H groups in total. The maximum Gasteiger partial charge on any atom is 0.188 e. The van der Waals surface area contributed by atoms with Crippen molar-refractivity contribution in [3.63, 3.8) is 0 Å². The number of H-pyrrole nitrogens is 1. The third-order valence-electron chi connectivity index (χ3n) is 3.46. The number of guanidine groups is 1. The van der Waals surface area contributed by atoms with Gasteiger partial charge in [0.05, 0.1) is 7.11 Å². The standard InChI is InChI=1S/C16H24N4O/c1-3-4-9-18-16(17)19-10-8-12-11-20-13-6-5-7-14(21-2)15(12)13/h5-7,11,20H,3-4,8-10H2,1-2H3,(H3,17,18,19). The highest BCUT2D eigenvalue weighted by Crippen LogP contribution is 2.28. The zero-order valence-corrected chi connectivity index (χ0v) is 12.8. The molecule has 2 rings (SSSR count). The van der Waals surface area contributed by atoms with Gasteiger partial charge in [0.25, 0.3) is 0 Å². The first kappa shape index (κ1) is 15.2. The van der Waals surface area contributed by atoms with E-state index in [1.54, 1.807) is 7.11 Å². The average molecular weight is 288 g/mol. The Hall–Kier alpha value is -2.17. The number of rotatable bonds is 7. The summed E-state index contributed by atoms with van der Waals surface area (Å²) in [7, 11) is 1.70. The largest absolute Gasteiger partial charge is 0.496 e. The normalized spacial score (nSPS) is 11.8. The smallest absolute Gasteiger partial charge is 0.188 e. The molecule has 0 aliphatic heterocycles. The van der Waals surface area contributed by atoms with Crippen LogP contribution in [0.5, 0.6) is 5.75 Å². The first-order valence-electron chi connectivity index (χ1n) is 7.43. The quantitative estimate of drug-likeness (QED) is 0.416. The van der Waals surface area contributed by atoms with Crippen LogP contribution in [0.2, 0.25) is 0 Å². The predicted octanol–water partition coefficient (Wildman–Crippen LogP) is 2.42. The molecule has 1 aromatic carbocycles. The highest BCUT2D eigenvalue weighted by Gasteiger charge is 2.08. The number of nitrogens with two attached hydrogens (primary N) is 1. The van der Waals surface area contributed by atoms with Crippen molar-refractivity contribution in [2.45, 2.75) is 26.2 Å². The molecule has 0 unspecified atom stereocenters. The third kappa shape index (κ3) is 3.90. The van der Waals surface area contributed by atoms with Gasteiger partial charge in [-0.15, -0.1) is 0 Å². The highest BCUT2D eigenvalue weighted by molar-refractivity contribution is 5.89. The van der Waals surface area contributed by atoms with Crippen molar-refractivity contribution in [3.05, 3.63) is 30.0 Å². The van der Waals surface area contributed by atoms with E-state index in [-0.39, 0.29) is 0 Å². The van der Waals surface area contributed by atoms with Crippen molar-refractivity contribution in [1.82, 2.24) is 10.3 Å². The van der Waals surface area contributed by atoms with E-state index in [9.17, 15) is 0 Å². The Kier molecular flexibility index (Phi) is 5.49. The number of nitrogens with zero attached hydrogens (tertiary/aromatic N) is 1. The fourth-order valence-electron chi connectivity index (χ4n) is 2.33. The van der Waals surface area contributed by atoms with E-state index < -0.39 is 0 Å². The molecule has 0 aliphatic carbocycles. The number of aromatic amines is 1. The SMILES string of the molecule is CCCCN=C(N)NCCc1c[nH]c2cccc(OC)c12. The molecule has 0 atom stereocenters. The lowest BCUT2D eigenvalue weighted by Crippen LogP contribution is -2.33. The van der Waals surface area contributed by atoms with Gasteiger partial charge in [0, 0.05) is 30.2 Å². The lowest BCUT2D eigenvalue weighted by molar-refractivity contribution is 0.419. The van der Waals surface area contributed by atoms with Gasteiger partial charge in [0.2, 0.25) is 0 Å². The number of hydrogen-bond donors (Lipinski definition) is 3. The molecule has 0 fully saturated rings. The van der Waals surface area contributed by atoms with Crippen LogP contribution in [0, 0.1) is 0 Å². The van der Waals surface area contributed by atoms with Gasteiger partial charge in [-0.25, -0.2) is 0 Å². The van der Waals surface area contributed by atoms with Crippen molar-refractivity contribution < 1.29 is 4.74 Å². The van der Waals surface area contributed by atoms with E-state index in [4.69, 9.17) is 10.5 Å². The van der Waals surface area contributed by atoms with E-state index >= 15 is 0 Å². The second kappa shape index (κ2) is 7.57. The number of aliphatic imine (C=N–C) groups is 1. The van der Waals surface area contributed by atoms with Crippen LogP contribution in [0.25, 0.3) is 10.9 Å². The zero-order chi connectivity index (χ0) is 15.1. The van der Waals surface area contributed by atoms with Gasteiger partial charge in [0.1, 0.15) is 5.75 Å². The molecule has 1 heterocycles. The van der Waals surface area contributed by atoms with Crippen LogP contribution < -0.4 is 15.8 Å². The molecule has 0 spiro atoms. The van der Waals surface area contributed by atoms with Gasteiger partial charge < -0.3 is 20.8 Å². The molecule has 1 aromatic heterocycles. The molecular formula is C16H24N4O. The maximum absolute atomic E-state index is 5.83. The van der Waals surface area contributed by atoms with Gasteiger partial charge in [-0.1, -0.05) is 19.4 Å². The molecule has 114 valence electrons. The average Bonchev–Trinajstić information content (AvgIpc) is 2.91. The van der Waals surface area contributed by atoms with E-state index in [1.807, 2.05) is 18.3 Å². The summed E-state index contributed by atoms with van der Waals surface area (Å²) in [5.41, 5.74) is 8.14. The van der Waals surface area contributed by atoms with Crippen LogP contribution in [0.4, 0.5) is 0 Å². The number of benzene rings is 1. The van der Waals surface area contributed by atoms with E-state index in [0.717, 1.165) is 49.0 Å². The Bertz CT molecular complexity index is 603. The molecule has 0 saturated heterocycles. The van der Waals surface area contributed by atoms with E-state index in [0.29, 0.717) is 5.96 Å². The van der Waals surface area contributed by atoms with Gasteiger partial charge >= 0.3 is 0 Å². The molecular weight excluding hydrogens is 264 g/mol. The number of nitrogens with one attached hydrogen (secondary N) is 2. The molecule has 21 heavy (non-hydrogen) atoms. The van der Waals surface area contributed by atoms with E-state index in [2.05, 4.69) is 28.3 Å². The highest BCUT2D eigenvalue weighted by atomic mass is 16.5. The summed E-state index contributed by atoms with van der Waals surface area (Å²) >= 11 is 0. The fourth-order valence-corrected chi connectivity index (χ4v) is 2.33. The van der Waals surface area contributed by atoms with Gasteiger partial charge in [-0.05, 0) is 30.5 Å². The minimum Gasteiger partial charge on any atom is -0.496 e. The van der Waals surface area contributed by atoms with Gasteiger partial charge in [-0.2, -0.15) is 0 Å². The van der Waals surface area contributed by atoms with Crippen LogP contribution >= 0.6 is 0 Å². The number of ether oxygens (including phenoxy) is 1.